The van der Waals surface area contributed by atoms with E-state index in [4.69, 9.17) is 0 Å². The number of carbonyl (C=O) groups is 1. The molecule has 2 aromatic heterocycles. The second-order valence-corrected chi connectivity index (χ2v) is 2.18. The highest BCUT2D eigenvalue weighted by Crippen LogP contribution is 1.90. The third kappa shape index (κ3) is 1.01. The number of hydrogen-bond acceptors (Lipinski definition) is 3. The molecule has 0 aromatic carbocycles. The van der Waals surface area contributed by atoms with E-state index in [-0.39, 0.29) is 6.03 Å². The molecule has 5 nitrogen and oxygen atoms in total. The fourth-order valence-electron chi connectivity index (χ4n) is 0.869. The second-order valence-electron chi connectivity index (χ2n) is 2.18. The van der Waals surface area contributed by atoms with Gasteiger partial charge in [-0.05, 0) is 12.1 Å². The van der Waals surface area contributed by atoms with Crippen molar-refractivity contribution in [3.05, 3.63) is 36.9 Å². The van der Waals surface area contributed by atoms with E-state index in [1.165, 1.54) is 9.36 Å². The molecule has 0 spiro atoms. The Kier molecular flexibility index (Phi) is 1.48. The van der Waals surface area contributed by atoms with E-state index in [1.807, 2.05) is 0 Å². The van der Waals surface area contributed by atoms with Gasteiger partial charge in [0.15, 0.2) is 0 Å². The highest BCUT2D eigenvalue weighted by Gasteiger charge is 2.05. The predicted molar refractivity (Wildman–Crippen MR) is 40.6 cm³/mol. The topological polar surface area (TPSA) is 52.7 Å². The molecule has 2 heterocycles. The van der Waals surface area contributed by atoms with Crippen molar-refractivity contribution in [2.45, 2.75) is 0 Å². The smallest absolute Gasteiger partial charge is 0.244 e. The van der Waals surface area contributed by atoms with Gasteiger partial charge in [-0.1, -0.05) is 0 Å². The lowest BCUT2D eigenvalue weighted by molar-refractivity contribution is 0.238. The van der Waals surface area contributed by atoms with Crippen molar-refractivity contribution in [1.82, 2.24) is 19.6 Å². The van der Waals surface area contributed by atoms with Crippen molar-refractivity contribution >= 4 is 6.03 Å². The lowest BCUT2D eigenvalue weighted by atomic mass is 10.7. The average Bonchev–Trinajstić information content (AvgIpc) is 2.77. The third-order valence-corrected chi connectivity index (χ3v) is 1.40. The van der Waals surface area contributed by atoms with Crippen LogP contribution >= 0.6 is 0 Å². The Labute approximate surface area is 68.2 Å². The zero-order chi connectivity index (χ0) is 8.39. The minimum Gasteiger partial charge on any atom is -0.244 e. The first kappa shape index (κ1) is 6.78. The van der Waals surface area contributed by atoms with Gasteiger partial charge in [0.1, 0.15) is 0 Å². The van der Waals surface area contributed by atoms with Crippen molar-refractivity contribution in [2.75, 3.05) is 0 Å². The Morgan fingerprint density at radius 1 is 1.00 bits per heavy atom. The molecule has 0 aliphatic carbocycles. The van der Waals surface area contributed by atoms with Crippen LogP contribution in [0.3, 0.4) is 0 Å². The lowest BCUT2D eigenvalue weighted by Gasteiger charge is -1.97. The fourth-order valence-corrected chi connectivity index (χ4v) is 0.869. The fraction of sp³-hybridized carbons (Fsp3) is 0. The van der Waals surface area contributed by atoms with Crippen LogP contribution in [0.5, 0.6) is 0 Å². The van der Waals surface area contributed by atoms with Crippen LogP contribution in [0.1, 0.15) is 0 Å². The van der Waals surface area contributed by atoms with Crippen molar-refractivity contribution < 1.29 is 4.79 Å². The molecule has 0 amide bonds. The van der Waals surface area contributed by atoms with Crippen LogP contribution in [-0.2, 0) is 0 Å². The molecule has 2 rings (SSSR count). The summed E-state index contributed by atoms with van der Waals surface area (Å²) in [7, 11) is 0. The molecule has 0 aliphatic rings. The van der Waals surface area contributed by atoms with E-state index in [9.17, 15) is 4.79 Å². The highest BCUT2D eigenvalue weighted by molar-refractivity contribution is 5.77. The molecule has 0 N–H and O–H groups in total. The van der Waals surface area contributed by atoms with E-state index < -0.39 is 0 Å². The largest absolute Gasteiger partial charge is 0.369 e. The Bertz CT molecular complexity index is 326. The zero-order valence-corrected chi connectivity index (χ0v) is 6.16. The van der Waals surface area contributed by atoms with Gasteiger partial charge >= 0.3 is 6.03 Å². The monoisotopic (exact) mass is 162 g/mol. The maximum absolute atomic E-state index is 11.4. The van der Waals surface area contributed by atoms with Crippen LogP contribution in [0.15, 0.2) is 36.9 Å². The SMILES string of the molecule is O=C(n1cccn1)n1cccn1. The molecule has 0 atom stereocenters. The van der Waals surface area contributed by atoms with Gasteiger partial charge in [0, 0.05) is 24.8 Å². The predicted octanol–water partition coefficient (Wildman–Crippen LogP) is 0.596. The van der Waals surface area contributed by atoms with Crippen molar-refractivity contribution in [2.24, 2.45) is 0 Å². The number of aromatic nitrogens is 4. The lowest BCUT2D eigenvalue weighted by Crippen LogP contribution is -2.19. The normalized spacial score (nSPS) is 10.0. The van der Waals surface area contributed by atoms with Crippen molar-refractivity contribution in [3.63, 3.8) is 0 Å². The Morgan fingerprint density at radius 2 is 1.50 bits per heavy atom. The van der Waals surface area contributed by atoms with E-state index in [2.05, 4.69) is 10.2 Å². The average molecular weight is 162 g/mol. The molecule has 0 bridgehead atoms. The summed E-state index contributed by atoms with van der Waals surface area (Å²) >= 11 is 0. The molecule has 0 aliphatic heterocycles. The molecular weight excluding hydrogens is 156 g/mol. The summed E-state index contributed by atoms with van der Waals surface area (Å²) in [6.45, 7) is 0. The summed E-state index contributed by atoms with van der Waals surface area (Å²) in [6, 6.07) is 3.08. The summed E-state index contributed by atoms with van der Waals surface area (Å²) in [5.41, 5.74) is 0. The van der Waals surface area contributed by atoms with Crippen LogP contribution in [0.2, 0.25) is 0 Å². The minimum absolute atomic E-state index is 0.287. The first-order chi connectivity index (χ1) is 5.88. The van der Waals surface area contributed by atoms with Crippen molar-refractivity contribution in [1.29, 1.82) is 0 Å². The van der Waals surface area contributed by atoms with Gasteiger partial charge in [0.2, 0.25) is 0 Å². The molecule has 0 radical (unpaired) electrons. The van der Waals surface area contributed by atoms with Crippen LogP contribution in [0, 0.1) is 0 Å². The molecule has 0 saturated heterocycles. The summed E-state index contributed by atoms with van der Waals surface area (Å²) in [5, 5.41) is 7.56. The van der Waals surface area contributed by atoms with E-state index in [0.717, 1.165) is 0 Å². The van der Waals surface area contributed by atoms with E-state index >= 15 is 0 Å². The summed E-state index contributed by atoms with van der Waals surface area (Å²) < 4.78 is 2.43. The van der Waals surface area contributed by atoms with Gasteiger partial charge in [-0.25, -0.2) is 4.79 Å². The number of carbonyl (C=O) groups excluding carboxylic acids is 1. The standard InChI is InChI=1S/C7H6N4O/c12-7(10-5-1-3-8-10)11-6-2-4-9-11/h1-6H. The minimum atomic E-state index is -0.287. The van der Waals surface area contributed by atoms with Gasteiger partial charge in [0.05, 0.1) is 0 Å². The highest BCUT2D eigenvalue weighted by atomic mass is 16.2. The molecule has 0 saturated carbocycles. The zero-order valence-electron chi connectivity index (χ0n) is 6.16. The molecule has 2 aromatic rings. The first-order valence-corrected chi connectivity index (χ1v) is 3.42. The summed E-state index contributed by atoms with van der Waals surface area (Å²) in [4.78, 5) is 11.4. The van der Waals surface area contributed by atoms with Crippen molar-refractivity contribution in [3.8, 4) is 0 Å². The number of nitrogens with zero attached hydrogens (tertiary/aromatic N) is 4. The molecule has 60 valence electrons. The van der Waals surface area contributed by atoms with Gasteiger partial charge < -0.3 is 0 Å². The second kappa shape index (κ2) is 2.61. The summed E-state index contributed by atoms with van der Waals surface area (Å²) in [5.74, 6) is 0. The third-order valence-electron chi connectivity index (χ3n) is 1.40. The van der Waals surface area contributed by atoms with Crippen LogP contribution in [0.25, 0.3) is 0 Å². The molecule has 12 heavy (non-hydrogen) atoms. The Balaban J connectivity index is 2.34. The quantitative estimate of drug-likeness (QED) is 0.569. The van der Waals surface area contributed by atoms with Gasteiger partial charge in [0.25, 0.3) is 0 Å². The molecule has 0 unspecified atom stereocenters. The molecule has 0 fully saturated rings. The maximum atomic E-state index is 11.4. The van der Waals surface area contributed by atoms with Crippen LogP contribution < -0.4 is 0 Å². The maximum Gasteiger partial charge on any atom is 0.369 e. The van der Waals surface area contributed by atoms with Gasteiger partial charge in [-0.2, -0.15) is 19.6 Å². The van der Waals surface area contributed by atoms with E-state index in [1.54, 1.807) is 36.9 Å². The Morgan fingerprint density at radius 3 is 1.83 bits per heavy atom. The van der Waals surface area contributed by atoms with E-state index in [0.29, 0.717) is 0 Å². The number of rotatable bonds is 0. The van der Waals surface area contributed by atoms with Gasteiger partial charge in [-0.3, -0.25) is 0 Å². The first-order valence-electron chi connectivity index (χ1n) is 3.42. The van der Waals surface area contributed by atoms with Crippen LogP contribution in [-0.4, -0.2) is 25.6 Å². The Hall–Kier alpha value is -1.91. The molecule has 5 heteroatoms. The van der Waals surface area contributed by atoms with Gasteiger partial charge in [-0.15, -0.1) is 0 Å². The number of hydrogen-bond donors (Lipinski definition) is 0. The molecular formula is C7H6N4O. The van der Waals surface area contributed by atoms with Crippen LogP contribution in [0.4, 0.5) is 4.79 Å². The summed E-state index contributed by atoms with van der Waals surface area (Å²) in [6.07, 6.45) is 6.23.